The number of imide groups is 1. The number of nitrogens with two attached hydrogens (primary N) is 1. The van der Waals surface area contributed by atoms with Gasteiger partial charge in [-0.1, -0.05) is 30.3 Å². The van der Waals surface area contributed by atoms with Gasteiger partial charge in [-0.15, -0.1) is 11.3 Å². The Morgan fingerprint density at radius 2 is 1.82 bits per heavy atom. The van der Waals surface area contributed by atoms with Crippen molar-refractivity contribution in [3.63, 3.8) is 0 Å². The highest BCUT2D eigenvalue weighted by Gasteiger charge is 2.19. The van der Waals surface area contributed by atoms with E-state index in [1.807, 2.05) is 35.6 Å². The number of carbonyl (C=O) groups excluding carboxylic acids is 3. The smallest absolute Gasteiger partial charge is 0.319 e. The number of hydrogen-bond donors (Lipinski definition) is 4. The molecule has 0 aliphatic heterocycles. The molecule has 5 N–H and O–H groups in total. The van der Waals surface area contributed by atoms with E-state index in [1.165, 1.54) is 18.4 Å². The maximum absolute atomic E-state index is 12.0. The molecule has 1 aromatic heterocycles. The van der Waals surface area contributed by atoms with E-state index in [0.717, 1.165) is 10.4 Å². The van der Waals surface area contributed by atoms with Gasteiger partial charge in [-0.2, -0.15) is 0 Å². The summed E-state index contributed by atoms with van der Waals surface area (Å²) in [5, 5.41) is 7.28. The van der Waals surface area contributed by atoms with Crippen molar-refractivity contribution >= 4 is 34.3 Å². The Hall–Kier alpha value is -2.87. The Balaban J connectivity index is 2.40. The number of thiophene rings is 1. The van der Waals surface area contributed by atoms with Crippen LogP contribution in [0.25, 0.3) is 10.4 Å². The Morgan fingerprint density at radius 3 is 2.41 bits per heavy atom. The molecule has 0 fully saturated rings. The molecule has 0 bridgehead atoms. The van der Waals surface area contributed by atoms with E-state index >= 15 is 0 Å². The van der Waals surface area contributed by atoms with Crippen molar-refractivity contribution in [2.24, 2.45) is 5.73 Å². The fourth-order valence-corrected chi connectivity index (χ4v) is 2.80. The van der Waals surface area contributed by atoms with Gasteiger partial charge in [0.25, 0.3) is 5.91 Å². The lowest BCUT2D eigenvalue weighted by molar-refractivity contribution is 0.0967. The summed E-state index contributed by atoms with van der Waals surface area (Å²) in [5.41, 5.74) is 6.03. The summed E-state index contributed by atoms with van der Waals surface area (Å²) >= 11 is 1.23. The maximum atomic E-state index is 12.0. The van der Waals surface area contributed by atoms with Gasteiger partial charge in [0.2, 0.25) is 0 Å². The summed E-state index contributed by atoms with van der Waals surface area (Å²) < 4.78 is 0. The standard InChI is InChI=1S/C14H14N4O3S/c1-16-14(21)18-12-9(11(19)17-13(15)20)7-10(22-12)8-5-3-2-4-6-8/h2-7H,1H3,(H2,16,18,21)(H3,15,17,19,20). The molecule has 8 heteroatoms. The Kier molecular flexibility index (Phi) is 4.74. The lowest BCUT2D eigenvalue weighted by Gasteiger charge is -2.04. The van der Waals surface area contributed by atoms with Crippen molar-refractivity contribution in [3.8, 4) is 10.4 Å². The molecule has 2 aromatic rings. The van der Waals surface area contributed by atoms with E-state index in [2.05, 4.69) is 10.6 Å². The van der Waals surface area contributed by atoms with Crippen LogP contribution >= 0.6 is 11.3 Å². The molecular formula is C14H14N4O3S. The third kappa shape index (κ3) is 3.61. The Morgan fingerprint density at radius 1 is 1.14 bits per heavy atom. The molecule has 0 unspecified atom stereocenters. The van der Waals surface area contributed by atoms with Gasteiger partial charge < -0.3 is 11.1 Å². The second kappa shape index (κ2) is 6.72. The third-order valence-corrected chi connectivity index (χ3v) is 3.83. The number of anilines is 1. The van der Waals surface area contributed by atoms with Crippen LogP contribution < -0.4 is 21.7 Å². The highest BCUT2D eigenvalue weighted by atomic mass is 32.1. The van der Waals surface area contributed by atoms with Crippen molar-refractivity contribution in [2.45, 2.75) is 0 Å². The number of primary amides is 1. The average molecular weight is 318 g/mol. The van der Waals surface area contributed by atoms with Crippen LogP contribution in [0.4, 0.5) is 14.6 Å². The van der Waals surface area contributed by atoms with Gasteiger partial charge in [-0.3, -0.25) is 15.4 Å². The molecule has 22 heavy (non-hydrogen) atoms. The average Bonchev–Trinajstić information content (AvgIpc) is 2.91. The number of amides is 5. The van der Waals surface area contributed by atoms with E-state index in [-0.39, 0.29) is 5.56 Å². The Labute approximate surface area is 130 Å². The number of urea groups is 2. The summed E-state index contributed by atoms with van der Waals surface area (Å²) in [6, 6.07) is 9.55. The topological polar surface area (TPSA) is 113 Å². The van der Waals surface area contributed by atoms with Crippen molar-refractivity contribution in [3.05, 3.63) is 42.0 Å². The van der Waals surface area contributed by atoms with E-state index in [0.29, 0.717) is 5.00 Å². The molecule has 7 nitrogen and oxygen atoms in total. The number of benzene rings is 1. The predicted molar refractivity (Wildman–Crippen MR) is 84.9 cm³/mol. The Bertz CT molecular complexity index is 712. The summed E-state index contributed by atoms with van der Waals surface area (Å²) in [6.45, 7) is 0. The quantitative estimate of drug-likeness (QED) is 0.694. The minimum atomic E-state index is -0.955. The summed E-state index contributed by atoms with van der Waals surface area (Å²) in [6.07, 6.45) is 0. The van der Waals surface area contributed by atoms with Crippen molar-refractivity contribution in [1.82, 2.24) is 10.6 Å². The van der Waals surface area contributed by atoms with Crippen LogP contribution in [0.3, 0.4) is 0 Å². The van der Waals surface area contributed by atoms with Gasteiger partial charge in [-0.05, 0) is 11.6 Å². The molecule has 2 rings (SSSR count). The third-order valence-electron chi connectivity index (χ3n) is 2.73. The molecule has 0 atom stereocenters. The van der Waals surface area contributed by atoms with Crippen molar-refractivity contribution in [1.29, 1.82) is 0 Å². The zero-order chi connectivity index (χ0) is 16.1. The van der Waals surface area contributed by atoms with E-state index < -0.39 is 18.0 Å². The van der Waals surface area contributed by atoms with Gasteiger partial charge in [0.1, 0.15) is 5.00 Å². The van der Waals surface area contributed by atoms with Gasteiger partial charge in [0.05, 0.1) is 5.56 Å². The van der Waals surface area contributed by atoms with Gasteiger partial charge in [0, 0.05) is 11.9 Å². The van der Waals surface area contributed by atoms with Crippen LogP contribution in [0.1, 0.15) is 10.4 Å². The second-order valence-electron chi connectivity index (χ2n) is 4.24. The molecule has 1 heterocycles. The lowest BCUT2D eigenvalue weighted by Crippen LogP contribution is -2.35. The van der Waals surface area contributed by atoms with E-state index in [9.17, 15) is 14.4 Å². The lowest BCUT2D eigenvalue weighted by atomic mass is 10.1. The number of hydrogen-bond acceptors (Lipinski definition) is 4. The molecule has 0 aliphatic rings. The zero-order valence-corrected chi connectivity index (χ0v) is 12.5. The SMILES string of the molecule is CNC(=O)Nc1sc(-c2ccccc2)cc1C(=O)NC(N)=O. The minimum Gasteiger partial charge on any atom is -0.351 e. The largest absolute Gasteiger partial charge is 0.351 e. The van der Waals surface area contributed by atoms with Gasteiger partial charge in [-0.25, -0.2) is 9.59 Å². The number of rotatable bonds is 3. The summed E-state index contributed by atoms with van der Waals surface area (Å²) in [5.74, 6) is -0.669. The fourth-order valence-electron chi connectivity index (χ4n) is 1.74. The first kappa shape index (κ1) is 15.5. The molecule has 0 saturated heterocycles. The van der Waals surface area contributed by atoms with Crippen molar-refractivity contribution < 1.29 is 14.4 Å². The van der Waals surface area contributed by atoms with Crippen LogP contribution in [-0.4, -0.2) is 25.0 Å². The number of nitrogens with one attached hydrogen (secondary N) is 3. The first-order chi connectivity index (χ1) is 10.5. The predicted octanol–water partition coefficient (Wildman–Crippen LogP) is 1.97. The minimum absolute atomic E-state index is 0.172. The molecule has 114 valence electrons. The normalized spacial score (nSPS) is 9.86. The zero-order valence-electron chi connectivity index (χ0n) is 11.7. The fraction of sp³-hybridized carbons (Fsp3) is 0.0714. The van der Waals surface area contributed by atoms with Gasteiger partial charge >= 0.3 is 12.1 Å². The van der Waals surface area contributed by atoms with E-state index in [4.69, 9.17) is 5.73 Å². The van der Waals surface area contributed by atoms with Crippen LogP contribution in [0.2, 0.25) is 0 Å². The molecule has 0 spiro atoms. The first-order valence-electron chi connectivity index (χ1n) is 6.30. The molecule has 0 saturated carbocycles. The second-order valence-corrected chi connectivity index (χ2v) is 5.29. The molecule has 5 amide bonds. The van der Waals surface area contributed by atoms with E-state index in [1.54, 1.807) is 6.07 Å². The van der Waals surface area contributed by atoms with Crippen LogP contribution in [0, 0.1) is 0 Å². The first-order valence-corrected chi connectivity index (χ1v) is 7.11. The summed E-state index contributed by atoms with van der Waals surface area (Å²) in [7, 11) is 1.46. The monoisotopic (exact) mass is 318 g/mol. The molecule has 0 radical (unpaired) electrons. The molecule has 0 aliphatic carbocycles. The van der Waals surface area contributed by atoms with Crippen LogP contribution in [0.5, 0.6) is 0 Å². The highest BCUT2D eigenvalue weighted by molar-refractivity contribution is 7.20. The highest BCUT2D eigenvalue weighted by Crippen LogP contribution is 2.35. The summed E-state index contributed by atoms with van der Waals surface area (Å²) in [4.78, 5) is 35.1. The maximum Gasteiger partial charge on any atom is 0.319 e. The van der Waals surface area contributed by atoms with Crippen LogP contribution in [0.15, 0.2) is 36.4 Å². The number of carbonyl (C=O) groups is 3. The van der Waals surface area contributed by atoms with Crippen molar-refractivity contribution in [2.75, 3.05) is 12.4 Å². The molecular weight excluding hydrogens is 304 g/mol. The van der Waals surface area contributed by atoms with Gasteiger partial charge in [0.15, 0.2) is 0 Å². The van der Waals surface area contributed by atoms with Crippen LogP contribution in [-0.2, 0) is 0 Å². The molecule has 1 aromatic carbocycles.